The van der Waals surface area contributed by atoms with Crippen molar-refractivity contribution in [3.05, 3.63) is 30.1 Å². The van der Waals surface area contributed by atoms with Gasteiger partial charge in [-0.25, -0.2) is 4.79 Å². The fourth-order valence-corrected chi connectivity index (χ4v) is 4.01. The van der Waals surface area contributed by atoms with Gasteiger partial charge >= 0.3 is 6.03 Å². The lowest BCUT2D eigenvalue weighted by atomic mass is 9.72. The monoisotopic (exact) mass is 373 g/mol. The molecule has 0 atom stereocenters. The van der Waals surface area contributed by atoms with Crippen molar-refractivity contribution < 1.29 is 14.4 Å². The maximum absolute atomic E-state index is 12.4. The first-order chi connectivity index (χ1) is 13.0. The molecule has 0 unspecified atom stereocenters. The van der Waals surface area contributed by atoms with Gasteiger partial charge in [0.2, 0.25) is 11.8 Å². The summed E-state index contributed by atoms with van der Waals surface area (Å²) in [6, 6.07) is 5.14. The van der Waals surface area contributed by atoms with Gasteiger partial charge in [0.15, 0.2) is 0 Å². The number of nitrogens with two attached hydrogens (primary N) is 1. The van der Waals surface area contributed by atoms with Crippen molar-refractivity contribution in [1.82, 2.24) is 20.1 Å². The summed E-state index contributed by atoms with van der Waals surface area (Å²) in [7, 11) is 0. The first kappa shape index (κ1) is 19.1. The van der Waals surface area contributed by atoms with Gasteiger partial charge in [-0.1, -0.05) is 6.07 Å². The van der Waals surface area contributed by atoms with Gasteiger partial charge in [0.05, 0.1) is 6.54 Å². The predicted octanol–water partition coefficient (Wildman–Crippen LogP) is 0.524. The lowest BCUT2D eigenvalue weighted by molar-refractivity contribution is -0.142. The number of likely N-dealkylation sites (tertiary alicyclic amines) is 2. The van der Waals surface area contributed by atoms with E-state index in [-0.39, 0.29) is 23.8 Å². The Balaban J connectivity index is 1.52. The van der Waals surface area contributed by atoms with E-state index in [4.69, 9.17) is 5.73 Å². The van der Waals surface area contributed by atoms with Gasteiger partial charge in [-0.15, -0.1) is 0 Å². The van der Waals surface area contributed by atoms with Crippen molar-refractivity contribution in [2.75, 3.05) is 32.7 Å². The smallest absolute Gasteiger partial charge is 0.312 e. The molecule has 4 amide bonds. The van der Waals surface area contributed by atoms with Crippen LogP contribution in [0.5, 0.6) is 0 Å². The van der Waals surface area contributed by atoms with Gasteiger partial charge in [0.25, 0.3) is 0 Å². The zero-order chi connectivity index (χ0) is 19.3. The minimum absolute atomic E-state index is 0.0585. The van der Waals surface area contributed by atoms with Crippen LogP contribution in [0.4, 0.5) is 4.79 Å². The van der Waals surface area contributed by atoms with Gasteiger partial charge < -0.3 is 20.9 Å². The number of hydrogen-bond acceptors (Lipinski definition) is 4. The van der Waals surface area contributed by atoms with E-state index >= 15 is 0 Å². The van der Waals surface area contributed by atoms with Gasteiger partial charge in [-0.3, -0.25) is 14.6 Å². The van der Waals surface area contributed by atoms with Crippen LogP contribution in [0, 0.1) is 5.41 Å². The first-order valence-electron chi connectivity index (χ1n) is 9.46. The minimum Gasteiger partial charge on any atom is -0.352 e. The molecule has 27 heavy (non-hydrogen) atoms. The Morgan fingerprint density at radius 2 is 2.00 bits per heavy atom. The van der Waals surface area contributed by atoms with E-state index in [1.807, 2.05) is 23.1 Å². The SMILES string of the molecule is NC(=O)NCC(=O)N1CCC2(CCC(=O)N(CCc3ccccn3)C2)CC1. The molecule has 0 radical (unpaired) electrons. The van der Waals surface area contributed by atoms with Gasteiger partial charge in [0.1, 0.15) is 0 Å². The molecule has 1 spiro atoms. The van der Waals surface area contributed by atoms with Crippen LogP contribution < -0.4 is 11.1 Å². The molecule has 1 aromatic heterocycles. The topological polar surface area (TPSA) is 109 Å². The lowest BCUT2D eigenvalue weighted by Gasteiger charge is -2.47. The number of pyridine rings is 1. The summed E-state index contributed by atoms with van der Waals surface area (Å²) in [6.07, 6.45) is 5.74. The summed E-state index contributed by atoms with van der Waals surface area (Å²) in [5, 5.41) is 2.35. The second-order valence-corrected chi connectivity index (χ2v) is 7.48. The highest BCUT2D eigenvalue weighted by molar-refractivity contribution is 5.83. The van der Waals surface area contributed by atoms with Crippen molar-refractivity contribution in [2.45, 2.75) is 32.1 Å². The van der Waals surface area contributed by atoms with Crippen LogP contribution in [0.2, 0.25) is 0 Å². The Kier molecular flexibility index (Phi) is 5.93. The van der Waals surface area contributed by atoms with Crippen LogP contribution in [0.3, 0.4) is 0 Å². The quantitative estimate of drug-likeness (QED) is 0.784. The second-order valence-electron chi connectivity index (χ2n) is 7.48. The Morgan fingerprint density at radius 1 is 1.22 bits per heavy atom. The van der Waals surface area contributed by atoms with Gasteiger partial charge in [0, 0.05) is 50.9 Å². The highest BCUT2D eigenvalue weighted by Gasteiger charge is 2.41. The Hall–Kier alpha value is -2.64. The van der Waals surface area contributed by atoms with Crippen molar-refractivity contribution in [3.63, 3.8) is 0 Å². The zero-order valence-corrected chi connectivity index (χ0v) is 15.5. The largest absolute Gasteiger partial charge is 0.352 e. The highest BCUT2D eigenvalue weighted by atomic mass is 16.2. The van der Waals surface area contributed by atoms with Crippen molar-refractivity contribution in [1.29, 1.82) is 0 Å². The molecule has 0 bridgehead atoms. The summed E-state index contributed by atoms with van der Waals surface area (Å²) >= 11 is 0. The van der Waals surface area contributed by atoms with Crippen molar-refractivity contribution >= 4 is 17.8 Å². The van der Waals surface area contributed by atoms with E-state index < -0.39 is 6.03 Å². The van der Waals surface area contributed by atoms with Crippen LogP contribution in [0.1, 0.15) is 31.4 Å². The minimum atomic E-state index is -0.689. The average molecular weight is 373 g/mol. The van der Waals surface area contributed by atoms with Gasteiger partial charge in [-0.2, -0.15) is 0 Å². The molecular weight excluding hydrogens is 346 g/mol. The average Bonchev–Trinajstić information content (AvgIpc) is 2.68. The zero-order valence-electron chi connectivity index (χ0n) is 15.5. The van der Waals surface area contributed by atoms with Crippen LogP contribution in [-0.4, -0.2) is 65.4 Å². The third kappa shape index (κ3) is 4.96. The number of carbonyl (C=O) groups excluding carboxylic acids is 3. The molecule has 8 heteroatoms. The van der Waals surface area contributed by atoms with E-state index in [0.717, 1.165) is 37.9 Å². The normalized spacial score (nSPS) is 19.2. The van der Waals surface area contributed by atoms with Crippen LogP contribution in [0.25, 0.3) is 0 Å². The first-order valence-corrected chi connectivity index (χ1v) is 9.46. The molecule has 0 saturated carbocycles. The van der Waals surface area contributed by atoms with Gasteiger partial charge in [-0.05, 0) is 36.8 Å². The van der Waals surface area contributed by atoms with Crippen molar-refractivity contribution in [2.24, 2.45) is 11.1 Å². The molecule has 8 nitrogen and oxygen atoms in total. The second kappa shape index (κ2) is 8.37. The molecule has 0 aliphatic carbocycles. The number of carbonyl (C=O) groups is 3. The molecule has 2 saturated heterocycles. The number of urea groups is 1. The molecule has 3 N–H and O–H groups in total. The summed E-state index contributed by atoms with van der Waals surface area (Å²) in [5.41, 5.74) is 6.10. The van der Waals surface area contributed by atoms with E-state index in [1.54, 1.807) is 11.1 Å². The Labute approximate surface area is 159 Å². The summed E-state index contributed by atoms with van der Waals surface area (Å²) in [6.45, 7) is 2.68. The number of piperidine rings is 2. The predicted molar refractivity (Wildman–Crippen MR) is 99.6 cm³/mol. The number of nitrogens with zero attached hydrogens (tertiary/aromatic N) is 3. The number of primary amides is 1. The van der Waals surface area contributed by atoms with Crippen LogP contribution in [-0.2, 0) is 16.0 Å². The third-order valence-corrected chi connectivity index (χ3v) is 5.70. The molecule has 3 rings (SSSR count). The molecule has 2 aliphatic heterocycles. The van der Waals surface area contributed by atoms with E-state index in [1.165, 1.54) is 0 Å². The molecule has 0 aromatic carbocycles. The lowest BCUT2D eigenvalue weighted by Crippen LogP contribution is -2.53. The third-order valence-electron chi connectivity index (χ3n) is 5.70. The van der Waals surface area contributed by atoms with Crippen LogP contribution in [0.15, 0.2) is 24.4 Å². The van der Waals surface area contributed by atoms with Crippen LogP contribution >= 0.6 is 0 Å². The summed E-state index contributed by atoms with van der Waals surface area (Å²) in [4.78, 5) is 43.3. The maximum Gasteiger partial charge on any atom is 0.312 e. The number of hydrogen-bond donors (Lipinski definition) is 2. The number of amides is 4. The molecule has 3 heterocycles. The number of aromatic nitrogens is 1. The standard InChI is InChI=1S/C19H27N5O3/c20-18(27)22-13-17(26)23-11-7-19(8-12-23)6-4-16(25)24(14-19)10-5-15-3-1-2-9-21-15/h1-3,9H,4-8,10-14H2,(H3,20,22,27). The molecule has 146 valence electrons. The molecule has 1 aromatic rings. The molecule has 2 aliphatic rings. The van der Waals surface area contributed by atoms with E-state index in [0.29, 0.717) is 26.1 Å². The Bertz CT molecular complexity index is 686. The van der Waals surface area contributed by atoms with E-state index in [2.05, 4.69) is 10.3 Å². The van der Waals surface area contributed by atoms with E-state index in [9.17, 15) is 14.4 Å². The van der Waals surface area contributed by atoms with Crippen molar-refractivity contribution in [3.8, 4) is 0 Å². The Morgan fingerprint density at radius 3 is 2.67 bits per heavy atom. The fraction of sp³-hybridized carbons (Fsp3) is 0.579. The maximum atomic E-state index is 12.4. The molecule has 2 fully saturated rings. The summed E-state index contributed by atoms with van der Waals surface area (Å²) in [5.74, 6) is 0.100. The summed E-state index contributed by atoms with van der Waals surface area (Å²) < 4.78 is 0. The number of rotatable bonds is 5. The highest BCUT2D eigenvalue weighted by Crippen LogP contribution is 2.40. The number of nitrogens with one attached hydrogen (secondary N) is 1. The fourth-order valence-electron chi connectivity index (χ4n) is 4.01. The molecular formula is C19H27N5O3.